The molecular weight excluding hydrogens is 284 g/mol. The number of piperidine rings is 1. The van der Waals surface area contributed by atoms with Crippen molar-refractivity contribution in [1.82, 2.24) is 9.80 Å². The maximum Gasteiger partial charge on any atom is 0.0411 e. The molecule has 2 atom stereocenters. The molecule has 128 valence electrons. The highest BCUT2D eigenvalue weighted by molar-refractivity contribution is 5.54. The van der Waals surface area contributed by atoms with E-state index in [1.807, 2.05) is 0 Å². The van der Waals surface area contributed by atoms with Gasteiger partial charge in [-0.25, -0.2) is 0 Å². The molecular formula is C19H32N4. The van der Waals surface area contributed by atoms with Gasteiger partial charge in [0.1, 0.15) is 0 Å². The quantitative estimate of drug-likeness (QED) is 0.921. The van der Waals surface area contributed by atoms with E-state index in [1.54, 1.807) is 0 Å². The molecule has 2 fully saturated rings. The molecule has 0 saturated carbocycles. The average molecular weight is 316 g/mol. The first kappa shape index (κ1) is 16.7. The zero-order chi connectivity index (χ0) is 16.4. The number of nitrogens with two attached hydrogens (primary N) is 1. The third-order valence-electron chi connectivity index (χ3n) is 5.75. The van der Waals surface area contributed by atoms with Crippen LogP contribution in [0.3, 0.4) is 0 Å². The predicted octanol–water partition coefficient (Wildman–Crippen LogP) is 2.00. The van der Waals surface area contributed by atoms with Gasteiger partial charge in [0.15, 0.2) is 0 Å². The van der Waals surface area contributed by atoms with Gasteiger partial charge in [0, 0.05) is 44.5 Å². The van der Waals surface area contributed by atoms with Crippen molar-refractivity contribution in [2.24, 2.45) is 11.7 Å². The fourth-order valence-corrected chi connectivity index (χ4v) is 4.03. The van der Waals surface area contributed by atoms with Crippen molar-refractivity contribution in [3.8, 4) is 0 Å². The summed E-state index contributed by atoms with van der Waals surface area (Å²) in [5, 5.41) is 0. The maximum atomic E-state index is 6.19. The van der Waals surface area contributed by atoms with Gasteiger partial charge in [-0.05, 0) is 50.5 Å². The summed E-state index contributed by atoms with van der Waals surface area (Å²) >= 11 is 0. The number of rotatable bonds is 4. The van der Waals surface area contributed by atoms with E-state index in [0.717, 1.165) is 19.6 Å². The van der Waals surface area contributed by atoms with E-state index in [2.05, 4.69) is 60.0 Å². The molecule has 0 bridgehead atoms. The molecule has 0 radical (unpaired) electrons. The van der Waals surface area contributed by atoms with Gasteiger partial charge in [-0.2, -0.15) is 0 Å². The molecule has 0 amide bonds. The molecule has 0 aliphatic carbocycles. The average Bonchev–Trinajstić information content (AvgIpc) is 2.86. The van der Waals surface area contributed by atoms with Crippen LogP contribution in [0.25, 0.3) is 0 Å². The first-order chi connectivity index (χ1) is 11.0. The predicted molar refractivity (Wildman–Crippen MR) is 97.8 cm³/mol. The Kier molecular flexibility index (Phi) is 5.24. The van der Waals surface area contributed by atoms with Crippen LogP contribution in [-0.2, 0) is 6.54 Å². The topological polar surface area (TPSA) is 35.7 Å². The molecule has 2 unspecified atom stereocenters. The second-order valence-corrected chi connectivity index (χ2v) is 7.61. The van der Waals surface area contributed by atoms with Crippen molar-refractivity contribution in [2.75, 3.05) is 45.2 Å². The number of para-hydroxylation sites is 1. The highest BCUT2D eigenvalue weighted by atomic mass is 15.2. The Bertz CT molecular complexity index is 500. The molecule has 3 rings (SSSR count). The Labute approximate surface area is 141 Å². The third-order valence-corrected chi connectivity index (χ3v) is 5.75. The fourth-order valence-electron chi connectivity index (χ4n) is 4.03. The largest absolute Gasteiger partial charge is 0.371 e. The van der Waals surface area contributed by atoms with Gasteiger partial charge in [-0.3, -0.25) is 4.90 Å². The van der Waals surface area contributed by atoms with Crippen molar-refractivity contribution >= 4 is 5.69 Å². The molecule has 4 heteroatoms. The standard InChI is InChI=1S/C19H32N4/c1-15-12-23(14-18(15)20)13-16-6-4-5-7-19(16)22(3)17-8-10-21(2)11-9-17/h4-7,15,17-18H,8-14,20H2,1-3H3. The zero-order valence-electron chi connectivity index (χ0n) is 14.9. The van der Waals surface area contributed by atoms with Crippen molar-refractivity contribution in [3.63, 3.8) is 0 Å². The van der Waals surface area contributed by atoms with Gasteiger partial charge in [0.25, 0.3) is 0 Å². The number of hydrogen-bond donors (Lipinski definition) is 1. The first-order valence-corrected chi connectivity index (χ1v) is 9.02. The molecule has 2 heterocycles. The van der Waals surface area contributed by atoms with Gasteiger partial charge in [0.05, 0.1) is 0 Å². The summed E-state index contributed by atoms with van der Waals surface area (Å²) in [4.78, 5) is 7.46. The third kappa shape index (κ3) is 3.87. The molecule has 23 heavy (non-hydrogen) atoms. The van der Waals surface area contributed by atoms with E-state index >= 15 is 0 Å². The second-order valence-electron chi connectivity index (χ2n) is 7.61. The minimum absolute atomic E-state index is 0.328. The maximum absolute atomic E-state index is 6.19. The summed E-state index contributed by atoms with van der Waals surface area (Å²) in [6, 6.07) is 9.90. The van der Waals surface area contributed by atoms with Gasteiger partial charge in [-0.1, -0.05) is 25.1 Å². The SMILES string of the molecule is CC1CN(Cc2ccccc2N(C)C2CCN(C)CC2)CC1N. The zero-order valence-corrected chi connectivity index (χ0v) is 14.9. The van der Waals surface area contributed by atoms with Crippen LogP contribution < -0.4 is 10.6 Å². The molecule has 2 aliphatic heterocycles. The van der Waals surface area contributed by atoms with E-state index in [0.29, 0.717) is 18.0 Å². The van der Waals surface area contributed by atoms with Crippen LogP contribution in [0.5, 0.6) is 0 Å². The Hall–Kier alpha value is -1.10. The Balaban J connectivity index is 1.70. The lowest BCUT2D eigenvalue weighted by atomic mass is 10.0. The van der Waals surface area contributed by atoms with Crippen molar-refractivity contribution in [1.29, 1.82) is 0 Å². The second kappa shape index (κ2) is 7.20. The molecule has 2 aliphatic rings. The molecule has 2 N–H and O–H groups in total. The van der Waals surface area contributed by atoms with Crippen LogP contribution in [0.2, 0.25) is 0 Å². The normalized spacial score (nSPS) is 27.5. The lowest BCUT2D eigenvalue weighted by molar-refractivity contribution is 0.252. The van der Waals surface area contributed by atoms with Crippen molar-refractivity contribution in [3.05, 3.63) is 29.8 Å². The van der Waals surface area contributed by atoms with Gasteiger partial charge in [0.2, 0.25) is 0 Å². The summed E-state index contributed by atoms with van der Waals surface area (Å²) in [6.45, 7) is 7.83. The summed E-state index contributed by atoms with van der Waals surface area (Å²) in [6.07, 6.45) is 2.51. The Morgan fingerprint density at radius 3 is 2.52 bits per heavy atom. The van der Waals surface area contributed by atoms with Crippen LogP contribution in [0.4, 0.5) is 5.69 Å². The van der Waals surface area contributed by atoms with Gasteiger partial charge >= 0.3 is 0 Å². The van der Waals surface area contributed by atoms with Crippen molar-refractivity contribution in [2.45, 2.75) is 38.4 Å². The summed E-state index contributed by atoms with van der Waals surface area (Å²) in [7, 11) is 4.50. The van der Waals surface area contributed by atoms with E-state index in [4.69, 9.17) is 5.73 Å². The number of likely N-dealkylation sites (tertiary alicyclic amines) is 2. The molecule has 4 nitrogen and oxygen atoms in total. The molecule has 2 saturated heterocycles. The number of benzene rings is 1. The van der Waals surface area contributed by atoms with E-state index in [9.17, 15) is 0 Å². The first-order valence-electron chi connectivity index (χ1n) is 9.02. The monoisotopic (exact) mass is 316 g/mol. The summed E-state index contributed by atoms with van der Waals surface area (Å²) in [5.74, 6) is 0.605. The highest BCUT2D eigenvalue weighted by Gasteiger charge is 2.28. The van der Waals surface area contributed by atoms with E-state index in [-0.39, 0.29) is 0 Å². The number of anilines is 1. The van der Waals surface area contributed by atoms with Gasteiger partial charge in [-0.15, -0.1) is 0 Å². The summed E-state index contributed by atoms with van der Waals surface area (Å²) in [5.41, 5.74) is 9.03. The van der Waals surface area contributed by atoms with Crippen LogP contribution >= 0.6 is 0 Å². The lowest BCUT2D eigenvalue weighted by Crippen LogP contribution is -2.42. The highest BCUT2D eigenvalue weighted by Crippen LogP contribution is 2.27. The lowest BCUT2D eigenvalue weighted by Gasteiger charge is -2.37. The molecule has 1 aromatic rings. The Morgan fingerprint density at radius 1 is 1.17 bits per heavy atom. The smallest absolute Gasteiger partial charge is 0.0411 e. The van der Waals surface area contributed by atoms with Crippen LogP contribution in [0.15, 0.2) is 24.3 Å². The van der Waals surface area contributed by atoms with Crippen LogP contribution in [-0.4, -0.2) is 62.2 Å². The van der Waals surface area contributed by atoms with Gasteiger partial charge < -0.3 is 15.5 Å². The minimum atomic E-state index is 0.328. The van der Waals surface area contributed by atoms with Crippen LogP contribution in [0.1, 0.15) is 25.3 Å². The molecule has 0 spiro atoms. The molecule has 0 aromatic heterocycles. The molecule has 1 aromatic carbocycles. The Morgan fingerprint density at radius 2 is 1.87 bits per heavy atom. The number of hydrogen-bond acceptors (Lipinski definition) is 4. The number of nitrogens with zero attached hydrogens (tertiary/aromatic N) is 3. The van der Waals surface area contributed by atoms with Crippen molar-refractivity contribution < 1.29 is 0 Å². The minimum Gasteiger partial charge on any atom is -0.371 e. The van der Waals surface area contributed by atoms with E-state index in [1.165, 1.54) is 37.2 Å². The van der Waals surface area contributed by atoms with Crippen LogP contribution in [0, 0.1) is 5.92 Å². The fraction of sp³-hybridized carbons (Fsp3) is 0.684. The summed E-state index contributed by atoms with van der Waals surface area (Å²) < 4.78 is 0. The van der Waals surface area contributed by atoms with E-state index < -0.39 is 0 Å².